The highest BCUT2D eigenvalue weighted by molar-refractivity contribution is 5.06. The highest BCUT2D eigenvalue weighted by Crippen LogP contribution is 2.62. The summed E-state index contributed by atoms with van der Waals surface area (Å²) >= 11 is 0. The van der Waals surface area contributed by atoms with Crippen LogP contribution in [0.2, 0.25) is 0 Å². The molecule has 4 fully saturated rings. The van der Waals surface area contributed by atoms with Gasteiger partial charge in [-0.25, -0.2) is 0 Å². The minimum absolute atomic E-state index is 0.0165. The topological polar surface area (TPSA) is 40.5 Å². The molecule has 0 radical (unpaired) electrons. The zero-order valence-corrected chi connectivity index (χ0v) is 12.8. The second-order valence-corrected chi connectivity index (χ2v) is 8.48. The van der Waals surface area contributed by atoms with Gasteiger partial charge in [0, 0.05) is 0 Å². The number of hydrogen-bond donors (Lipinski definition) is 2. The predicted octanol–water partition coefficient (Wildman–Crippen LogP) is 3.36. The summed E-state index contributed by atoms with van der Waals surface area (Å²) in [6.07, 6.45) is 10.9. The van der Waals surface area contributed by atoms with Crippen molar-refractivity contribution < 1.29 is 10.2 Å². The van der Waals surface area contributed by atoms with E-state index in [2.05, 4.69) is 6.92 Å². The lowest BCUT2D eigenvalue weighted by atomic mass is 9.50. The monoisotopic (exact) mass is 278 g/mol. The van der Waals surface area contributed by atoms with Crippen LogP contribution in [0.25, 0.3) is 0 Å². The van der Waals surface area contributed by atoms with Gasteiger partial charge in [0.15, 0.2) is 0 Å². The van der Waals surface area contributed by atoms with E-state index in [1.807, 2.05) is 0 Å². The van der Waals surface area contributed by atoms with Crippen LogP contribution in [-0.2, 0) is 0 Å². The third kappa shape index (κ3) is 1.76. The fourth-order valence-electron chi connectivity index (χ4n) is 6.84. The molecule has 20 heavy (non-hydrogen) atoms. The maximum Gasteiger partial charge on any atom is 0.0596 e. The minimum Gasteiger partial charge on any atom is -0.393 e. The molecular formula is C18H30O2. The van der Waals surface area contributed by atoms with E-state index in [1.165, 1.54) is 44.9 Å². The first-order chi connectivity index (χ1) is 9.61. The second-order valence-electron chi connectivity index (χ2n) is 8.48. The summed E-state index contributed by atoms with van der Waals surface area (Å²) < 4.78 is 0. The van der Waals surface area contributed by atoms with E-state index in [9.17, 15) is 10.2 Å². The normalized spacial score (nSPS) is 58.6. The molecule has 8 atom stereocenters. The summed E-state index contributed by atoms with van der Waals surface area (Å²) in [5.41, 5.74) is 0.210. The van der Waals surface area contributed by atoms with Crippen molar-refractivity contribution in [1.29, 1.82) is 0 Å². The third-order valence-corrected chi connectivity index (χ3v) is 7.91. The molecule has 4 aliphatic carbocycles. The Labute approximate surface area is 123 Å². The first kappa shape index (κ1) is 13.6. The van der Waals surface area contributed by atoms with Crippen LogP contribution in [-0.4, -0.2) is 22.4 Å². The van der Waals surface area contributed by atoms with Gasteiger partial charge in [-0.15, -0.1) is 0 Å². The smallest absolute Gasteiger partial charge is 0.0596 e. The highest BCUT2D eigenvalue weighted by Gasteiger charge is 2.57. The van der Waals surface area contributed by atoms with E-state index in [4.69, 9.17) is 0 Å². The Morgan fingerprint density at radius 3 is 2.35 bits per heavy atom. The SMILES string of the molecule is C[C@]12CC[C@@H]3[C@H]4CCC[C@@H](O)[C@@H]4CC[C@H]3[C@@H]1CC[C@@H]2O. The molecule has 0 aromatic carbocycles. The van der Waals surface area contributed by atoms with Crippen LogP contribution in [0.1, 0.15) is 64.7 Å². The molecule has 4 aliphatic rings. The van der Waals surface area contributed by atoms with Crippen LogP contribution < -0.4 is 0 Å². The molecule has 0 amide bonds. The molecular weight excluding hydrogens is 248 g/mol. The Morgan fingerprint density at radius 1 is 0.750 bits per heavy atom. The molecule has 0 unspecified atom stereocenters. The summed E-state index contributed by atoms with van der Waals surface area (Å²) in [4.78, 5) is 0. The number of hydrogen-bond acceptors (Lipinski definition) is 2. The molecule has 0 heterocycles. The largest absolute Gasteiger partial charge is 0.393 e. The van der Waals surface area contributed by atoms with Gasteiger partial charge in [-0.2, -0.15) is 0 Å². The molecule has 0 saturated heterocycles. The number of aliphatic hydroxyl groups is 2. The van der Waals surface area contributed by atoms with E-state index in [1.54, 1.807) is 0 Å². The van der Waals surface area contributed by atoms with Crippen molar-refractivity contribution in [2.45, 2.75) is 76.9 Å². The van der Waals surface area contributed by atoms with E-state index in [-0.39, 0.29) is 17.6 Å². The number of aliphatic hydroxyl groups excluding tert-OH is 2. The van der Waals surface area contributed by atoms with Gasteiger partial charge in [0.05, 0.1) is 12.2 Å². The van der Waals surface area contributed by atoms with Gasteiger partial charge in [-0.3, -0.25) is 0 Å². The Kier molecular flexibility index (Phi) is 3.20. The van der Waals surface area contributed by atoms with Gasteiger partial charge in [0.25, 0.3) is 0 Å². The van der Waals surface area contributed by atoms with Crippen molar-refractivity contribution in [1.82, 2.24) is 0 Å². The first-order valence-corrected chi connectivity index (χ1v) is 8.97. The maximum absolute atomic E-state index is 10.4. The molecule has 0 aliphatic heterocycles. The van der Waals surface area contributed by atoms with Crippen molar-refractivity contribution in [3.8, 4) is 0 Å². The molecule has 2 heteroatoms. The molecule has 0 bridgehead atoms. The van der Waals surface area contributed by atoms with Gasteiger partial charge in [0.2, 0.25) is 0 Å². The van der Waals surface area contributed by atoms with Crippen LogP contribution in [0, 0.1) is 35.0 Å². The average Bonchev–Trinajstić information content (AvgIpc) is 2.75. The lowest BCUT2D eigenvalue weighted by Gasteiger charge is -2.56. The fourth-order valence-corrected chi connectivity index (χ4v) is 6.84. The van der Waals surface area contributed by atoms with E-state index >= 15 is 0 Å². The molecule has 0 aromatic rings. The first-order valence-electron chi connectivity index (χ1n) is 8.97. The summed E-state index contributed by atoms with van der Waals surface area (Å²) in [5.74, 6) is 3.85. The quantitative estimate of drug-likeness (QED) is 0.713. The average molecular weight is 278 g/mol. The Bertz CT molecular complexity index is 382. The van der Waals surface area contributed by atoms with Gasteiger partial charge in [-0.1, -0.05) is 13.3 Å². The predicted molar refractivity (Wildman–Crippen MR) is 79.1 cm³/mol. The van der Waals surface area contributed by atoms with Crippen molar-refractivity contribution in [3.63, 3.8) is 0 Å². The lowest BCUT2D eigenvalue weighted by molar-refractivity contribution is -0.104. The van der Waals surface area contributed by atoms with E-state index in [0.717, 1.165) is 36.5 Å². The van der Waals surface area contributed by atoms with Gasteiger partial charge >= 0.3 is 0 Å². The Morgan fingerprint density at radius 2 is 1.50 bits per heavy atom. The standard InChI is InChI=1S/C18H30O2/c1-18-10-9-12-11-3-2-4-16(19)14(11)6-5-13(12)15(18)7-8-17(18)20/h11-17,19-20H,2-10H2,1H3/t11-,12-,13-,14-,15+,16-,17+,18+/m1/s1. The van der Waals surface area contributed by atoms with Crippen LogP contribution in [0.3, 0.4) is 0 Å². The highest BCUT2D eigenvalue weighted by atomic mass is 16.3. The van der Waals surface area contributed by atoms with E-state index < -0.39 is 0 Å². The van der Waals surface area contributed by atoms with Crippen molar-refractivity contribution >= 4 is 0 Å². The summed E-state index contributed by atoms with van der Waals surface area (Å²) in [6.45, 7) is 2.35. The molecule has 4 rings (SSSR count). The molecule has 114 valence electrons. The van der Waals surface area contributed by atoms with Gasteiger partial charge < -0.3 is 10.2 Å². The lowest BCUT2D eigenvalue weighted by Crippen LogP contribution is -2.51. The summed E-state index contributed by atoms with van der Waals surface area (Å²) in [7, 11) is 0. The van der Waals surface area contributed by atoms with Gasteiger partial charge in [0.1, 0.15) is 0 Å². The van der Waals surface area contributed by atoms with Crippen LogP contribution in [0.5, 0.6) is 0 Å². The zero-order chi connectivity index (χ0) is 13.9. The Hall–Kier alpha value is -0.0800. The van der Waals surface area contributed by atoms with E-state index in [0.29, 0.717) is 5.92 Å². The Balaban J connectivity index is 1.59. The maximum atomic E-state index is 10.4. The molecule has 0 spiro atoms. The molecule has 2 N–H and O–H groups in total. The molecule has 4 saturated carbocycles. The minimum atomic E-state index is -0.0527. The van der Waals surface area contributed by atoms with Crippen molar-refractivity contribution in [2.24, 2.45) is 35.0 Å². The summed E-state index contributed by atoms with van der Waals surface area (Å²) in [6, 6.07) is 0. The van der Waals surface area contributed by atoms with Crippen LogP contribution in [0.4, 0.5) is 0 Å². The van der Waals surface area contributed by atoms with Crippen molar-refractivity contribution in [3.05, 3.63) is 0 Å². The summed E-state index contributed by atoms with van der Waals surface area (Å²) in [5, 5.41) is 20.7. The van der Waals surface area contributed by atoms with Gasteiger partial charge in [-0.05, 0) is 86.4 Å². The molecule has 2 nitrogen and oxygen atoms in total. The number of fused-ring (bicyclic) bond motifs is 5. The molecule has 0 aromatic heterocycles. The number of rotatable bonds is 0. The van der Waals surface area contributed by atoms with Crippen LogP contribution in [0.15, 0.2) is 0 Å². The second kappa shape index (κ2) is 4.71. The van der Waals surface area contributed by atoms with Crippen LogP contribution >= 0.6 is 0 Å². The third-order valence-electron chi connectivity index (χ3n) is 7.91. The van der Waals surface area contributed by atoms with Crippen molar-refractivity contribution in [2.75, 3.05) is 0 Å². The fraction of sp³-hybridized carbons (Fsp3) is 1.00. The zero-order valence-electron chi connectivity index (χ0n) is 12.8.